The summed E-state index contributed by atoms with van der Waals surface area (Å²) >= 11 is 0. The average molecular weight is 399 g/mol. The van der Waals surface area contributed by atoms with Crippen LogP contribution in [0.25, 0.3) is 0 Å². The van der Waals surface area contributed by atoms with Crippen LogP contribution in [0.3, 0.4) is 0 Å². The quantitative estimate of drug-likeness (QED) is 0.759. The lowest BCUT2D eigenvalue weighted by atomic mass is 10.1. The Labute approximate surface area is 166 Å². The number of imide groups is 1. The summed E-state index contributed by atoms with van der Waals surface area (Å²) in [4.78, 5) is 39.5. The van der Waals surface area contributed by atoms with Crippen LogP contribution in [0.2, 0.25) is 0 Å². The summed E-state index contributed by atoms with van der Waals surface area (Å²) in [5, 5.41) is 2.73. The van der Waals surface area contributed by atoms with Gasteiger partial charge in [-0.3, -0.25) is 24.2 Å². The highest BCUT2D eigenvalue weighted by Gasteiger charge is 2.33. The van der Waals surface area contributed by atoms with Crippen molar-refractivity contribution in [1.29, 1.82) is 0 Å². The number of amides is 3. The molecule has 2 aromatic carbocycles. The van der Waals surface area contributed by atoms with Gasteiger partial charge in [-0.1, -0.05) is 6.07 Å². The van der Waals surface area contributed by atoms with Crippen molar-refractivity contribution in [2.24, 2.45) is 0 Å². The second kappa shape index (κ2) is 7.36. The summed E-state index contributed by atoms with van der Waals surface area (Å²) in [6.07, 6.45) is 1.83. The van der Waals surface area contributed by atoms with Gasteiger partial charge in [0.1, 0.15) is 11.6 Å². The molecule has 0 saturated heterocycles. The summed E-state index contributed by atoms with van der Waals surface area (Å²) in [7, 11) is 1.41. The number of nitrogens with zero attached hydrogens (tertiary/aromatic N) is 2. The van der Waals surface area contributed by atoms with E-state index >= 15 is 0 Å². The molecule has 4 rings (SSSR count). The molecule has 1 aliphatic carbocycles. The van der Waals surface area contributed by atoms with Gasteiger partial charge in [-0.25, -0.2) is 8.78 Å². The molecular formula is C21H19F2N3O3. The lowest BCUT2D eigenvalue weighted by Gasteiger charge is -2.22. The average Bonchev–Trinajstić information content (AvgIpc) is 3.50. The molecule has 2 aliphatic rings. The van der Waals surface area contributed by atoms with E-state index in [4.69, 9.17) is 0 Å². The van der Waals surface area contributed by atoms with Gasteiger partial charge in [0.15, 0.2) is 0 Å². The fraction of sp³-hybridized carbons (Fsp3) is 0.286. The Morgan fingerprint density at radius 3 is 2.52 bits per heavy atom. The predicted molar refractivity (Wildman–Crippen MR) is 101 cm³/mol. The maximum atomic E-state index is 14.0. The van der Waals surface area contributed by atoms with Crippen LogP contribution in [-0.4, -0.2) is 47.2 Å². The Hall–Kier alpha value is -3.13. The Morgan fingerprint density at radius 2 is 1.83 bits per heavy atom. The van der Waals surface area contributed by atoms with Gasteiger partial charge >= 0.3 is 0 Å². The van der Waals surface area contributed by atoms with Crippen molar-refractivity contribution in [3.05, 3.63) is 64.7 Å². The third kappa shape index (κ3) is 3.88. The Kier molecular flexibility index (Phi) is 4.87. The zero-order valence-corrected chi connectivity index (χ0v) is 15.7. The van der Waals surface area contributed by atoms with E-state index in [1.54, 1.807) is 6.07 Å². The summed E-state index contributed by atoms with van der Waals surface area (Å²) < 4.78 is 27.1. The zero-order valence-electron chi connectivity index (χ0n) is 15.7. The predicted octanol–water partition coefficient (Wildman–Crippen LogP) is 2.79. The summed E-state index contributed by atoms with van der Waals surface area (Å²) in [5.74, 6) is -2.37. The molecule has 2 aromatic rings. The van der Waals surface area contributed by atoms with Crippen molar-refractivity contribution in [3.8, 4) is 0 Å². The smallest absolute Gasteiger partial charge is 0.261 e. The number of carbonyl (C=O) groups excluding carboxylic acids is 3. The van der Waals surface area contributed by atoms with E-state index < -0.39 is 17.5 Å². The van der Waals surface area contributed by atoms with Gasteiger partial charge in [0.2, 0.25) is 5.91 Å². The summed E-state index contributed by atoms with van der Waals surface area (Å²) in [6.45, 7) is 0.234. The number of fused-ring (bicyclic) bond motifs is 1. The van der Waals surface area contributed by atoms with Gasteiger partial charge in [0, 0.05) is 37.0 Å². The monoisotopic (exact) mass is 399 g/mol. The highest BCUT2D eigenvalue weighted by molar-refractivity contribution is 6.21. The van der Waals surface area contributed by atoms with Crippen LogP contribution in [0.4, 0.5) is 14.5 Å². The molecule has 6 nitrogen and oxygen atoms in total. The van der Waals surface area contributed by atoms with E-state index in [1.165, 1.54) is 31.3 Å². The van der Waals surface area contributed by atoms with Crippen LogP contribution in [0.5, 0.6) is 0 Å². The number of hydrogen-bond donors (Lipinski definition) is 1. The molecule has 3 amide bonds. The normalized spacial score (nSPS) is 15.8. The molecule has 0 radical (unpaired) electrons. The molecule has 0 unspecified atom stereocenters. The molecule has 1 N–H and O–H groups in total. The molecule has 29 heavy (non-hydrogen) atoms. The van der Waals surface area contributed by atoms with E-state index in [0.717, 1.165) is 23.8 Å². The first-order valence-corrected chi connectivity index (χ1v) is 9.28. The Morgan fingerprint density at radius 1 is 1.10 bits per heavy atom. The largest absolute Gasteiger partial charge is 0.325 e. The van der Waals surface area contributed by atoms with Crippen LogP contribution >= 0.6 is 0 Å². The van der Waals surface area contributed by atoms with Crippen molar-refractivity contribution in [2.45, 2.75) is 25.4 Å². The molecule has 150 valence electrons. The second-order valence-corrected chi connectivity index (χ2v) is 7.35. The minimum absolute atomic E-state index is 0.0331. The molecule has 1 aliphatic heterocycles. The maximum absolute atomic E-state index is 14.0. The number of hydrogen-bond acceptors (Lipinski definition) is 4. The van der Waals surface area contributed by atoms with Gasteiger partial charge in [0.05, 0.1) is 17.7 Å². The molecule has 0 atom stereocenters. The van der Waals surface area contributed by atoms with Crippen molar-refractivity contribution in [2.75, 3.05) is 18.9 Å². The van der Waals surface area contributed by atoms with E-state index in [-0.39, 0.29) is 36.5 Å². The van der Waals surface area contributed by atoms with Gasteiger partial charge in [-0.05, 0) is 37.1 Å². The number of nitrogens with one attached hydrogen (secondary N) is 1. The fourth-order valence-electron chi connectivity index (χ4n) is 3.45. The molecule has 1 fully saturated rings. The third-order valence-corrected chi connectivity index (χ3v) is 5.17. The Bertz CT molecular complexity index is 1020. The number of halogens is 2. The number of rotatable bonds is 6. The molecule has 0 bridgehead atoms. The number of anilines is 1. The first kappa shape index (κ1) is 19.2. The first-order chi connectivity index (χ1) is 13.8. The molecule has 1 heterocycles. The molecule has 0 aromatic heterocycles. The minimum Gasteiger partial charge on any atom is -0.325 e. The number of carbonyl (C=O) groups is 3. The molecular weight excluding hydrogens is 380 g/mol. The van der Waals surface area contributed by atoms with Crippen LogP contribution in [0, 0.1) is 11.6 Å². The second-order valence-electron chi connectivity index (χ2n) is 7.35. The molecule has 0 spiro atoms. The summed E-state index contributed by atoms with van der Waals surface area (Å²) in [5.41, 5.74) is 1.30. The highest BCUT2D eigenvalue weighted by Crippen LogP contribution is 2.29. The van der Waals surface area contributed by atoms with Crippen LogP contribution in [0.15, 0.2) is 36.4 Å². The number of benzene rings is 2. The third-order valence-electron chi connectivity index (χ3n) is 5.17. The van der Waals surface area contributed by atoms with Gasteiger partial charge < -0.3 is 5.32 Å². The Balaban J connectivity index is 1.44. The van der Waals surface area contributed by atoms with Gasteiger partial charge in [-0.2, -0.15) is 0 Å². The van der Waals surface area contributed by atoms with Crippen molar-refractivity contribution in [1.82, 2.24) is 9.80 Å². The standard InChI is InChI=1S/C21H19F2N3O3/c1-25-20(28)16-7-4-14(9-17(16)21(25)29)24-19(27)11-26(15-5-6-15)10-12-2-3-13(22)8-18(12)23/h2-4,7-9,15H,5-6,10-11H2,1H3,(H,24,27). The van der Waals surface area contributed by atoms with Crippen LogP contribution < -0.4 is 5.32 Å². The van der Waals surface area contributed by atoms with E-state index in [2.05, 4.69) is 5.32 Å². The zero-order chi connectivity index (χ0) is 20.7. The van der Waals surface area contributed by atoms with Crippen molar-refractivity contribution >= 4 is 23.4 Å². The topological polar surface area (TPSA) is 69.7 Å². The van der Waals surface area contributed by atoms with E-state index in [9.17, 15) is 23.2 Å². The lowest BCUT2D eigenvalue weighted by Crippen LogP contribution is -2.34. The van der Waals surface area contributed by atoms with Crippen molar-refractivity contribution in [3.63, 3.8) is 0 Å². The lowest BCUT2D eigenvalue weighted by molar-refractivity contribution is -0.117. The SMILES string of the molecule is CN1C(=O)c2ccc(NC(=O)CN(Cc3ccc(F)cc3F)C3CC3)cc2C1=O. The van der Waals surface area contributed by atoms with Crippen molar-refractivity contribution < 1.29 is 23.2 Å². The minimum atomic E-state index is -0.641. The maximum Gasteiger partial charge on any atom is 0.261 e. The molecule has 1 saturated carbocycles. The van der Waals surface area contributed by atoms with Crippen LogP contribution in [0.1, 0.15) is 39.1 Å². The molecule has 8 heteroatoms. The van der Waals surface area contributed by atoms with Gasteiger partial charge in [0.25, 0.3) is 11.8 Å². The van der Waals surface area contributed by atoms with E-state index in [1.807, 2.05) is 4.90 Å². The highest BCUT2D eigenvalue weighted by atomic mass is 19.1. The summed E-state index contributed by atoms with van der Waals surface area (Å²) in [6, 6.07) is 8.17. The van der Waals surface area contributed by atoms with Crippen LogP contribution in [-0.2, 0) is 11.3 Å². The van der Waals surface area contributed by atoms with Gasteiger partial charge in [-0.15, -0.1) is 0 Å². The fourth-order valence-corrected chi connectivity index (χ4v) is 3.45. The van der Waals surface area contributed by atoms with E-state index in [0.29, 0.717) is 16.8 Å². The first-order valence-electron chi connectivity index (χ1n) is 9.28.